The Bertz CT molecular complexity index is 1310. The van der Waals surface area contributed by atoms with Crippen molar-refractivity contribution in [1.29, 1.82) is 0 Å². The lowest BCUT2D eigenvalue weighted by Gasteiger charge is -2.11. The third-order valence-corrected chi connectivity index (χ3v) is 5.19. The Hall–Kier alpha value is -3.57. The van der Waals surface area contributed by atoms with Gasteiger partial charge in [-0.25, -0.2) is 23.0 Å². The van der Waals surface area contributed by atoms with Crippen LogP contribution in [0.15, 0.2) is 52.2 Å². The normalized spacial score (nSPS) is 11.4. The van der Waals surface area contributed by atoms with Gasteiger partial charge in [0.15, 0.2) is 5.69 Å². The van der Waals surface area contributed by atoms with E-state index in [1.54, 1.807) is 19.1 Å². The molecule has 1 amide bonds. The van der Waals surface area contributed by atoms with E-state index in [4.69, 9.17) is 5.14 Å². The van der Waals surface area contributed by atoms with E-state index < -0.39 is 34.0 Å². The molecule has 3 aromatic rings. The molecule has 0 saturated heterocycles. The first kappa shape index (κ1) is 20.2. The van der Waals surface area contributed by atoms with Crippen molar-refractivity contribution in [2.75, 3.05) is 5.32 Å². The summed E-state index contributed by atoms with van der Waals surface area (Å²) in [6.45, 7) is 0.986. The van der Waals surface area contributed by atoms with Crippen LogP contribution in [0.3, 0.4) is 0 Å². The molecular weight excluding hydrogens is 400 g/mol. The van der Waals surface area contributed by atoms with Crippen molar-refractivity contribution in [3.05, 3.63) is 64.1 Å². The summed E-state index contributed by atoms with van der Waals surface area (Å²) in [5.74, 6) is -2.04. The molecule has 0 saturated carbocycles. The van der Waals surface area contributed by atoms with Gasteiger partial charge in [-0.05, 0) is 30.7 Å². The Morgan fingerprint density at radius 2 is 1.83 bits per heavy atom. The monoisotopic (exact) mass is 416 g/mol. The number of nitrogens with zero attached hydrogens (tertiary/aromatic N) is 2. The van der Waals surface area contributed by atoms with E-state index in [-0.39, 0.29) is 27.0 Å². The molecule has 0 radical (unpaired) electrons. The second-order valence-corrected chi connectivity index (χ2v) is 7.77. The Morgan fingerprint density at radius 1 is 1.17 bits per heavy atom. The number of carboxylic acid groups (broad SMARTS) is 1. The van der Waals surface area contributed by atoms with Gasteiger partial charge in [0.1, 0.15) is 6.54 Å². The molecule has 11 heteroatoms. The smallest absolute Gasteiger partial charge is 0.357 e. The van der Waals surface area contributed by atoms with Gasteiger partial charge in [-0.3, -0.25) is 9.59 Å². The molecular formula is C18H16N4O6S. The van der Waals surface area contributed by atoms with Crippen LogP contribution in [0.4, 0.5) is 5.69 Å². The molecule has 3 rings (SSSR count). The number of sulfonamides is 1. The van der Waals surface area contributed by atoms with Crippen molar-refractivity contribution >= 4 is 38.4 Å². The first-order chi connectivity index (χ1) is 13.6. The van der Waals surface area contributed by atoms with E-state index in [9.17, 15) is 27.9 Å². The van der Waals surface area contributed by atoms with Gasteiger partial charge in [-0.1, -0.05) is 24.3 Å². The van der Waals surface area contributed by atoms with Crippen LogP contribution < -0.4 is 16.0 Å². The second kappa shape index (κ2) is 7.45. The van der Waals surface area contributed by atoms with Gasteiger partial charge in [0.05, 0.1) is 10.3 Å². The standard InChI is InChI=1S/C18H16N4O6S/c1-10-6-7-11(8-14(10)29(19,27)28)20-15(23)9-22-17(24)13-5-3-2-4-12(13)16(21-22)18(25)26/h2-8H,9H2,1H3,(H,20,23)(H,25,26)(H2,19,27,28). The molecule has 4 N–H and O–H groups in total. The van der Waals surface area contributed by atoms with Crippen molar-refractivity contribution in [1.82, 2.24) is 9.78 Å². The minimum atomic E-state index is -3.98. The number of anilines is 1. The van der Waals surface area contributed by atoms with E-state index in [0.717, 1.165) is 4.68 Å². The molecule has 0 aliphatic carbocycles. The van der Waals surface area contributed by atoms with Gasteiger partial charge < -0.3 is 10.4 Å². The summed E-state index contributed by atoms with van der Waals surface area (Å²) >= 11 is 0. The van der Waals surface area contributed by atoms with Gasteiger partial charge in [-0.15, -0.1) is 0 Å². The summed E-state index contributed by atoms with van der Waals surface area (Å²) in [5.41, 5.74) is -0.435. The summed E-state index contributed by atoms with van der Waals surface area (Å²) in [4.78, 5) is 36.2. The summed E-state index contributed by atoms with van der Waals surface area (Å²) < 4.78 is 24.0. The number of carbonyl (C=O) groups is 2. The molecule has 0 aliphatic heterocycles. The molecule has 0 atom stereocenters. The molecule has 0 bridgehead atoms. The number of aromatic carboxylic acids is 1. The summed E-state index contributed by atoms with van der Waals surface area (Å²) in [5, 5.41) is 21.0. The number of aryl methyl sites for hydroxylation is 1. The highest BCUT2D eigenvalue weighted by atomic mass is 32.2. The molecule has 0 fully saturated rings. The maximum absolute atomic E-state index is 12.6. The van der Waals surface area contributed by atoms with Gasteiger partial charge in [-0.2, -0.15) is 5.10 Å². The fourth-order valence-electron chi connectivity index (χ4n) is 2.82. The number of aromatic nitrogens is 2. The number of rotatable bonds is 5. The number of primary sulfonamides is 1. The number of nitrogens with one attached hydrogen (secondary N) is 1. The third kappa shape index (κ3) is 4.15. The Kier molecular flexibility index (Phi) is 5.18. The number of carboxylic acids is 1. The lowest BCUT2D eigenvalue weighted by Crippen LogP contribution is -2.31. The van der Waals surface area contributed by atoms with E-state index in [0.29, 0.717) is 5.56 Å². The minimum Gasteiger partial charge on any atom is -0.476 e. The van der Waals surface area contributed by atoms with Crippen LogP contribution in [0.1, 0.15) is 16.1 Å². The molecule has 1 heterocycles. The molecule has 0 unspecified atom stereocenters. The van der Waals surface area contributed by atoms with Crippen molar-refractivity contribution in [2.24, 2.45) is 5.14 Å². The largest absolute Gasteiger partial charge is 0.476 e. The highest BCUT2D eigenvalue weighted by molar-refractivity contribution is 7.89. The highest BCUT2D eigenvalue weighted by Crippen LogP contribution is 2.19. The van der Waals surface area contributed by atoms with Crippen molar-refractivity contribution < 1.29 is 23.1 Å². The van der Waals surface area contributed by atoms with Crippen LogP contribution in [0, 0.1) is 6.92 Å². The molecule has 0 spiro atoms. The van der Waals surface area contributed by atoms with Crippen LogP contribution in [-0.2, 0) is 21.4 Å². The van der Waals surface area contributed by atoms with Gasteiger partial charge in [0.2, 0.25) is 15.9 Å². The Balaban J connectivity index is 1.94. The molecule has 1 aromatic heterocycles. The SMILES string of the molecule is Cc1ccc(NC(=O)Cn2nc(C(=O)O)c3ccccc3c2=O)cc1S(N)(=O)=O. The second-order valence-electron chi connectivity index (χ2n) is 6.24. The van der Waals surface area contributed by atoms with E-state index >= 15 is 0 Å². The quantitative estimate of drug-likeness (QED) is 0.551. The number of carbonyl (C=O) groups excluding carboxylic acids is 1. The zero-order valence-corrected chi connectivity index (χ0v) is 15.9. The number of hydrogen-bond acceptors (Lipinski definition) is 6. The van der Waals surface area contributed by atoms with Crippen LogP contribution in [0.5, 0.6) is 0 Å². The number of nitrogens with two attached hydrogens (primary N) is 1. The summed E-state index contributed by atoms with van der Waals surface area (Å²) in [7, 11) is -3.98. The topological polar surface area (TPSA) is 161 Å². The summed E-state index contributed by atoms with van der Waals surface area (Å²) in [6.07, 6.45) is 0. The maximum Gasteiger partial charge on any atom is 0.357 e. The fraction of sp³-hybridized carbons (Fsp3) is 0.111. The van der Waals surface area contributed by atoms with E-state index in [2.05, 4.69) is 10.4 Å². The predicted molar refractivity (Wildman–Crippen MR) is 104 cm³/mol. The lowest BCUT2D eigenvalue weighted by atomic mass is 10.1. The predicted octanol–water partition coefficient (Wildman–Crippen LogP) is 0.689. The first-order valence-corrected chi connectivity index (χ1v) is 9.79. The zero-order valence-electron chi connectivity index (χ0n) is 15.1. The lowest BCUT2D eigenvalue weighted by molar-refractivity contribution is -0.117. The number of benzene rings is 2. The zero-order chi connectivity index (χ0) is 21.3. The number of amides is 1. The maximum atomic E-state index is 12.6. The van der Waals surface area contributed by atoms with Crippen molar-refractivity contribution in [3.63, 3.8) is 0 Å². The molecule has 0 aliphatic rings. The van der Waals surface area contributed by atoms with Gasteiger partial charge in [0, 0.05) is 11.1 Å². The molecule has 29 heavy (non-hydrogen) atoms. The minimum absolute atomic E-state index is 0.111. The Morgan fingerprint density at radius 3 is 2.45 bits per heavy atom. The van der Waals surface area contributed by atoms with Gasteiger partial charge >= 0.3 is 5.97 Å². The molecule has 2 aromatic carbocycles. The first-order valence-electron chi connectivity index (χ1n) is 8.24. The van der Waals surface area contributed by atoms with Crippen LogP contribution >= 0.6 is 0 Å². The highest BCUT2D eigenvalue weighted by Gasteiger charge is 2.18. The third-order valence-electron chi connectivity index (χ3n) is 4.14. The number of hydrogen-bond donors (Lipinski definition) is 3. The van der Waals surface area contributed by atoms with Crippen molar-refractivity contribution in [3.8, 4) is 0 Å². The van der Waals surface area contributed by atoms with Crippen LogP contribution in [-0.4, -0.2) is 35.2 Å². The average Bonchev–Trinajstić information content (AvgIpc) is 2.64. The van der Waals surface area contributed by atoms with Crippen LogP contribution in [0.25, 0.3) is 10.8 Å². The van der Waals surface area contributed by atoms with Gasteiger partial charge in [0.25, 0.3) is 5.56 Å². The Labute approximate surface area is 164 Å². The average molecular weight is 416 g/mol. The number of fused-ring (bicyclic) bond motifs is 1. The van der Waals surface area contributed by atoms with E-state index in [1.165, 1.54) is 30.3 Å². The van der Waals surface area contributed by atoms with Crippen LogP contribution in [0.2, 0.25) is 0 Å². The van der Waals surface area contributed by atoms with E-state index in [1.807, 2.05) is 0 Å². The molecule has 150 valence electrons. The fourth-order valence-corrected chi connectivity index (χ4v) is 3.63. The van der Waals surface area contributed by atoms with Crippen molar-refractivity contribution in [2.45, 2.75) is 18.4 Å². The molecule has 10 nitrogen and oxygen atoms in total. The summed E-state index contributed by atoms with van der Waals surface area (Å²) in [6, 6.07) is 10.2.